The number of thiazole rings is 1. The van der Waals surface area contributed by atoms with Crippen molar-refractivity contribution in [1.29, 1.82) is 0 Å². The third kappa shape index (κ3) is 4.35. The summed E-state index contributed by atoms with van der Waals surface area (Å²) < 4.78 is 17.7. The molecule has 2 aromatic rings. The molecule has 0 saturated heterocycles. The first kappa shape index (κ1) is 15.1. The molecule has 0 radical (unpaired) electrons. The van der Waals surface area contributed by atoms with Crippen molar-refractivity contribution in [3.05, 3.63) is 41.2 Å². The zero-order valence-electron chi connectivity index (χ0n) is 11.2. The Balaban J connectivity index is 1.87. The topological polar surface area (TPSA) is 54.4 Å². The predicted molar refractivity (Wildman–Crippen MR) is 77.1 cm³/mol. The molecule has 0 aliphatic heterocycles. The summed E-state index contributed by atoms with van der Waals surface area (Å²) in [6.45, 7) is 1.35. The van der Waals surface area contributed by atoms with Crippen molar-refractivity contribution >= 4 is 11.3 Å². The van der Waals surface area contributed by atoms with Crippen molar-refractivity contribution < 1.29 is 14.2 Å². The Labute approximate surface area is 121 Å². The van der Waals surface area contributed by atoms with E-state index in [-0.39, 0.29) is 5.82 Å². The first-order valence-corrected chi connectivity index (χ1v) is 7.15. The maximum atomic E-state index is 12.9. The van der Waals surface area contributed by atoms with Gasteiger partial charge in [0.15, 0.2) is 0 Å². The average Bonchev–Trinajstić information content (AvgIpc) is 2.89. The maximum Gasteiger partial charge on any atom is 0.123 e. The Hall–Kier alpha value is -1.34. The van der Waals surface area contributed by atoms with Gasteiger partial charge in [0, 0.05) is 31.1 Å². The van der Waals surface area contributed by atoms with Crippen LogP contribution in [0.2, 0.25) is 0 Å². The van der Waals surface area contributed by atoms with Crippen LogP contribution in [0.3, 0.4) is 0 Å². The molecule has 6 heteroatoms. The quantitative estimate of drug-likeness (QED) is 0.821. The summed E-state index contributed by atoms with van der Waals surface area (Å²) in [7, 11) is 1.55. The van der Waals surface area contributed by atoms with Crippen LogP contribution in [-0.2, 0) is 11.3 Å². The predicted octanol–water partition coefficient (Wildman–Crippen LogP) is 2.05. The summed E-state index contributed by atoms with van der Waals surface area (Å²) in [5.41, 5.74) is 1.81. The van der Waals surface area contributed by atoms with Gasteiger partial charge in [-0.3, -0.25) is 0 Å². The fourth-order valence-electron chi connectivity index (χ4n) is 1.73. The summed E-state index contributed by atoms with van der Waals surface area (Å²) in [6, 6.07) is 6.28. The molecule has 1 aromatic heterocycles. The molecule has 1 unspecified atom stereocenters. The minimum Gasteiger partial charge on any atom is -0.389 e. The number of ether oxygens (including phenoxy) is 1. The SMILES string of the molecule is COCC(O)CNCc1csc(-c2ccc(F)cc2)n1. The third-order valence-corrected chi connectivity index (χ3v) is 3.63. The number of halogens is 1. The van der Waals surface area contributed by atoms with Crippen LogP contribution in [0.25, 0.3) is 10.6 Å². The van der Waals surface area contributed by atoms with E-state index >= 15 is 0 Å². The molecular weight excluding hydrogens is 279 g/mol. The van der Waals surface area contributed by atoms with Gasteiger partial charge in [0.05, 0.1) is 18.4 Å². The number of aliphatic hydroxyl groups excluding tert-OH is 1. The van der Waals surface area contributed by atoms with Gasteiger partial charge in [-0.2, -0.15) is 0 Å². The lowest BCUT2D eigenvalue weighted by atomic mass is 10.2. The second-order valence-corrected chi connectivity index (χ2v) is 5.25. The van der Waals surface area contributed by atoms with Gasteiger partial charge in [-0.1, -0.05) is 0 Å². The third-order valence-electron chi connectivity index (χ3n) is 2.69. The standard InChI is InChI=1S/C14H17FN2O2S/c1-19-8-13(18)7-16-6-12-9-20-14(17-12)10-2-4-11(15)5-3-10/h2-5,9,13,16,18H,6-8H2,1H3. The molecule has 0 amide bonds. The zero-order valence-corrected chi connectivity index (χ0v) is 12.0. The molecule has 20 heavy (non-hydrogen) atoms. The molecule has 108 valence electrons. The number of hydrogen-bond donors (Lipinski definition) is 2. The molecule has 0 spiro atoms. The molecule has 4 nitrogen and oxygen atoms in total. The van der Waals surface area contributed by atoms with Gasteiger partial charge in [-0.05, 0) is 24.3 Å². The maximum absolute atomic E-state index is 12.9. The first-order chi connectivity index (χ1) is 9.69. The Morgan fingerprint density at radius 1 is 1.40 bits per heavy atom. The van der Waals surface area contributed by atoms with Crippen LogP contribution in [0, 0.1) is 5.82 Å². The lowest BCUT2D eigenvalue weighted by Gasteiger charge is -2.09. The Morgan fingerprint density at radius 3 is 2.85 bits per heavy atom. The van der Waals surface area contributed by atoms with Crippen molar-refractivity contribution in [3.8, 4) is 10.6 Å². The fourth-order valence-corrected chi connectivity index (χ4v) is 2.56. The summed E-state index contributed by atoms with van der Waals surface area (Å²) in [5.74, 6) is -0.251. The highest BCUT2D eigenvalue weighted by Gasteiger charge is 2.06. The van der Waals surface area contributed by atoms with Crippen molar-refractivity contribution in [1.82, 2.24) is 10.3 Å². The number of nitrogens with one attached hydrogen (secondary N) is 1. The van der Waals surface area contributed by atoms with E-state index in [1.807, 2.05) is 5.38 Å². The summed E-state index contributed by atoms with van der Waals surface area (Å²) in [6.07, 6.45) is -0.518. The molecule has 0 aliphatic rings. The first-order valence-electron chi connectivity index (χ1n) is 6.27. The number of aliphatic hydroxyl groups is 1. The normalized spacial score (nSPS) is 12.6. The van der Waals surface area contributed by atoms with E-state index in [4.69, 9.17) is 4.74 Å². The minimum absolute atomic E-state index is 0.251. The second-order valence-electron chi connectivity index (χ2n) is 4.39. The molecule has 2 rings (SSSR count). The van der Waals surface area contributed by atoms with Crippen molar-refractivity contribution in [2.75, 3.05) is 20.3 Å². The second kappa shape index (κ2) is 7.44. The number of hydrogen-bond acceptors (Lipinski definition) is 5. The number of aromatic nitrogens is 1. The number of rotatable bonds is 7. The van der Waals surface area contributed by atoms with Crippen LogP contribution in [0.5, 0.6) is 0 Å². The highest BCUT2D eigenvalue weighted by molar-refractivity contribution is 7.13. The van der Waals surface area contributed by atoms with E-state index in [1.165, 1.54) is 23.5 Å². The van der Waals surface area contributed by atoms with Crippen LogP contribution >= 0.6 is 11.3 Å². The minimum atomic E-state index is -0.518. The lowest BCUT2D eigenvalue weighted by Crippen LogP contribution is -2.29. The summed E-state index contributed by atoms with van der Waals surface area (Å²) in [4.78, 5) is 4.47. The summed E-state index contributed by atoms with van der Waals surface area (Å²) in [5, 5.41) is 15.4. The molecule has 1 aromatic carbocycles. The molecule has 1 heterocycles. The molecule has 0 fully saturated rings. The van der Waals surface area contributed by atoms with E-state index in [0.29, 0.717) is 19.7 Å². The molecule has 0 bridgehead atoms. The Kier molecular flexibility index (Phi) is 5.60. The molecule has 1 atom stereocenters. The van der Waals surface area contributed by atoms with Crippen LogP contribution in [0.4, 0.5) is 4.39 Å². The largest absolute Gasteiger partial charge is 0.389 e. The Bertz CT molecular complexity index is 530. The van der Waals surface area contributed by atoms with E-state index in [0.717, 1.165) is 16.3 Å². The zero-order chi connectivity index (χ0) is 14.4. The van der Waals surface area contributed by atoms with Gasteiger partial charge in [-0.25, -0.2) is 9.37 Å². The van der Waals surface area contributed by atoms with Gasteiger partial charge < -0.3 is 15.2 Å². The monoisotopic (exact) mass is 296 g/mol. The Morgan fingerprint density at radius 2 is 2.15 bits per heavy atom. The van der Waals surface area contributed by atoms with Crippen LogP contribution in [0.1, 0.15) is 5.69 Å². The average molecular weight is 296 g/mol. The van der Waals surface area contributed by atoms with Gasteiger partial charge in [-0.15, -0.1) is 11.3 Å². The van der Waals surface area contributed by atoms with E-state index < -0.39 is 6.10 Å². The van der Waals surface area contributed by atoms with Crippen LogP contribution < -0.4 is 5.32 Å². The highest BCUT2D eigenvalue weighted by Crippen LogP contribution is 2.23. The molecule has 0 aliphatic carbocycles. The smallest absolute Gasteiger partial charge is 0.123 e. The lowest BCUT2D eigenvalue weighted by molar-refractivity contribution is 0.0644. The van der Waals surface area contributed by atoms with Gasteiger partial charge in [0.2, 0.25) is 0 Å². The van der Waals surface area contributed by atoms with Crippen molar-refractivity contribution in [2.24, 2.45) is 0 Å². The van der Waals surface area contributed by atoms with Crippen molar-refractivity contribution in [3.63, 3.8) is 0 Å². The van der Waals surface area contributed by atoms with E-state index in [9.17, 15) is 9.50 Å². The fraction of sp³-hybridized carbons (Fsp3) is 0.357. The van der Waals surface area contributed by atoms with E-state index in [2.05, 4.69) is 10.3 Å². The number of benzene rings is 1. The van der Waals surface area contributed by atoms with Crippen LogP contribution in [-0.4, -0.2) is 36.5 Å². The summed E-state index contributed by atoms with van der Waals surface area (Å²) >= 11 is 1.52. The molecule has 2 N–H and O–H groups in total. The molecular formula is C14H17FN2O2S. The van der Waals surface area contributed by atoms with Gasteiger partial charge in [0.1, 0.15) is 10.8 Å². The highest BCUT2D eigenvalue weighted by atomic mass is 32.1. The van der Waals surface area contributed by atoms with E-state index in [1.54, 1.807) is 19.2 Å². The number of nitrogens with zero attached hydrogens (tertiary/aromatic N) is 1. The molecule has 0 saturated carbocycles. The van der Waals surface area contributed by atoms with Gasteiger partial charge >= 0.3 is 0 Å². The van der Waals surface area contributed by atoms with Gasteiger partial charge in [0.25, 0.3) is 0 Å². The van der Waals surface area contributed by atoms with Crippen LogP contribution in [0.15, 0.2) is 29.6 Å². The number of methoxy groups -OCH3 is 1. The van der Waals surface area contributed by atoms with Crippen molar-refractivity contribution in [2.45, 2.75) is 12.6 Å².